The highest BCUT2D eigenvalue weighted by Crippen LogP contribution is 2.35. The molecule has 1 amide bonds. The first kappa shape index (κ1) is 18.6. The molecule has 0 radical (unpaired) electrons. The molecule has 0 aliphatic carbocycles. The number of benzene rings is 1. The summed E-state index contributed by atoms with van der Waals surface area (Å²) in [6.07, 6.45) is -0.809. The third-order valence-electron chi connectivity index (χ3n) is 2.91. The van der Waals surface area contributed by atoms with Crippen molar-refractivity contribution >= 4 is 25.8 Å². The van der Waals surface area contributed by atoms with E-state index < -0.39 is 14.2 Å². The lowest BCUT2D eigenvalue weighted by Crippen LogP contribution is -2.18. The number of amides is 1. The Labute approximate surface area is 139 Å². The van der Waals surface area contributed by atoms with E-state index in [1.54, 1.807) is 0 Å². The van der Waals surface area contributed by atoms with E-state index in [0.29, 0.717) is 5.02 Å². The van der Waals surface area contributed by atoms with Crippen LogP contribution < -0.4 is 5.73 Å². The number of halogens is 1. The molecule has 0 unspecified atom stereocenters. The molecule has 2 N–H and O–H groups in total. The molecule has 0 fully saturated rings. The second-order valence-corrected chi connectivity index (χ2v) is 12.4. The first-order valence-electron chi connectivity index (χ1n) is 7.19. The van der Waals surface area contributed by atoms with Crippen molar-refractivity contribution in [2.75, 3.05) is 0 Å². The zero-order valence-electron chi connectivity index (χ0n) is 14.1. The molecule has 1 rings (SSSR count). The van der Waals surface area contributed by atoms with Crippen LogP contribution in [0.2, 0.25) is 24.7 Å². The summed E-state index contributed by atoms with van der Waals surface area (Å²) in [5.41, 5.74) is 10.9. The van der Waals surface area contributed by atoms with Crippen molar-refractivity contribution in [1.29, 1.82) is 0 Å². The maximum atomic E-state index is 10.8. The zero-order valence-corrected chi connectivity index (χ0v) is 15.9. The maximum Gasteiger partial charge on any atom is 0.404 e. The van der Waals surface area contributed by atoms with Crippen molar-refractivity contribution in [1.82, 2.24) is 0 Å². The fourth-order valence-electron chi connectivity index (χ4n) is 1.97. The Hall–Kier alpha value is -1.44. The van der Waals surface area contributed by atoms with Gasteiger partial charge in [-0.2, -0.15) is 0 Å². The monoisotopic (exact) mass is 337 g/mol. The molecular formula is C17H24ClNO2Si. The normalized spacial score (nSPS) is 11.6. The van der Waals surface area contributed by atoms with E-state index in [9.17, 15) is 4.79 Å². The molecule has 0 aliphatic heterocycles. The van der Waals surface area contributed by atoms with Gasteiger partial charge >= 0.3 is 6.09 Å². The van der Waals surface area contributed by atoms with Crippen molar-refractivity contribution in [2.45, 2.75) is 52.4 Å². The number of rotatable bonds is 2. The Morgan fingerprint density at radius 1 is 1.32 bits per heavy atom. The standard InChI is InChI=1S/C17H24ClNO2Si/c1-17(2,3)14-12(9-10-22(4,5)6)7-8-13(15(14)18)11-21-16(19)20/h7-8H,11H2,1-6H3,(H2,19,20). The lowest BCUT2D eigenvalue weighted by molar-refractivity contribution is 0.150. The maximum absolute atomic E-state index is 10.8. The average molecular weight is 338 g/mol. The van der Waals surface area contributed by atoms with Gasteiger partial charge in [0, 0.05) is 11.1 Å². The summed E-state index contributed by atoms with van der Waals surface area (Å²) in [5.74, 6) is 3.29. The number of hydrogen-bond acceptors (Lipinski definition) is 2. The molecule has 0 aliphatic rings. The van der Waals surface area contributed by atoms with Gasteiger partial charge in [0.25, 0.3) is 0 Å². The molecule has 0 saturated heterocycles. The highest BCUT2D eigenvalue weighted by Gasteiger charge is 2.23. The van der Waals surface area contributed by atoms with Crippen molar-refractivity contribution in [3.05, 3.63) is 33.8 Å². The number of carbonyl (C=O) groups excluding carboxylic acids is 1. The first-order valence-corrected chi connectivity index (χ1v) is 11.1. The van der Waals surface area contributed by atoms with Crippen molar-refractivity contribution < 1.29 is 9.53 Å². The van der Waals surface area contributed by atoms with Gasteiger partial charge < -0.3 is 10.5 Å². The minimum Gasteiger partial charge on any atom is -0.445 e. The minimum atomic E-state index is -1.47. The molecule has 0 aromatic heterocycles. The van der Waals surface area contributed by atoms with Crippen LogP contribution in [0.1, 0.15) is 37.5 Å². The van der Waals surface area contributed by atoms with Crippen molar-refractivity contribution in [2.24, 2.45) is 5.73 Å². The van der Waals surface area contributed by atoms with Gasteiger partial charge in [0.15, 0.2) is 0 Å². The van der Waals surface area contributed by atoms with Gasteiger partial charge in [-0.25, -0.2) is 4.79 Å². The van der Waals surface area contributed by atoms with Crippen LogP contribution in [0.25, 0.3) is 0 Å². The summed E-state index contributed by atoms with van der Waals surface area (Å²) in [6.45, 7) is 12.9. The second kappa shape index (κ2) is 6.76. The summed E-state index contributed by atoms with van der Waals surface area (Å²) < 4.78 is 4.86. The van der Waals surface area contributed by atoms with Crippen LogP contribution >= 0.6 is 11.6 Å². The van der Waals surface area contributed by atoms with Gasteiger partial charge in [-0.3, -0.25) is 0 Å². The summed E-state index contributed by atoms with van der Waals surface area (Å²) >= 11 is 6.54. The van der Waals surface area contributed by atoms with Crippen LogP contribution in [-0.2, 0) is 16.8 Å². The first-order chi connectivity index (χ1) is 9.92. The Kier molecular flexibility index (Phi) is 5.72. The summed E-state index contributed by atoms with van der Waals surface area (Å²) in [6, 6.07) is 3.79. The van der Waals surface area contributed by atoms with Gasteiger partial charge in [0.2, 0.25) is 0 Å². The lowest BCUT2D eigenvalue weighted by atomic mass is 9.83. The SMILES string of the molecule is CC(C)(C)c1c(C#C[Si](C)(C)C)ccc(COC(N)=O)c1Cl. The molecule has 0 heterocycles. The van der Waals surface area contributed by atoms with E-state index >= 15 is 0 Å². The zero-order chi connectivity index (χ0) is 17.1. The lowest BCUT2D eigenvalue weighted by Gasteiger charge is -2.24. The van der Waals surface area contributed by atoms with Crippen LogP contribution in [0.5, 0.6) is 0 Å². The van der Waals surface area contributed by atoms with E-state index in [-0.39, 0.29) is 12.0 Å². The molecule has 1 aromatic carbocycles. The summed E-state index contributed by atoms with van der Waals surface area (Å²) in [7, 11) is -1.47. The molecule has 0 atom stereocenters. The van der Waals surface area contributed by atoms with E-state index in [1.165, 1.54) is 0 Å². The van der Waals surface area contributed by atoms with Gasteiger partial charge in [0.05, 0.1) is 5.02 Å². The van der Waals surface area contributed by atoms with Gasteiger partial charge in [-0.05, 0) is 17.0 Å². The Bertz CT molecular complexity index is 631. The van der Waals surface area contributed by atoms with Gasteiger partial charge in [0.1, 0.15) is 14.7 Å². The second-order valence-electron chi connectivity index (χ2n) is 7.32. The number of ether oxygens (including phenoxy) is 1. The highest BCUT2D eigenvalue weighted by molar-refractivity contribution is 6.83. The number of carbonyl (C=O) groups is 1. The van der Waals surface area contributed by atoms with Crippen molar-refractivity contribution in [3.8, 4) is 11.5 Å². The molecule has 120 valence electrons. The molecule has 5 heteroatoms. The third kappa shape index (κ3) is 5.40. The molecule has 0 bridgehead atoms. The quantitative estimate of drug-likeness (QED) is 0.639. The number of primary amides is 1. The smallest absolute Gasteiger partial charge is 0.404 e. The van der Waals surface area contributed by atoms with E-state index in [1.807, 2.05) is 12.1 Å². The Morgan fingerprint density at radius 2 is 1.91 bits per heavy atom. The topological polar surface area (TPSA) is 52.3 Å². The number of hydrogen-bond donors (Lipinski definition) is 1. The van der Waals surface area contributed by atoms with E-state index in [2.05, 4.69) is 51.9 Å². The third-order valence-corrected chi connectivity index (χ3v) is 4.22. The molecule has 1 aromatic rings. The summed E-state index contributed by atoms with van der Waals surface area (Å²) in [4.78, 5) is 10.8. The molecule has 22 heavy (non-hydrogen) atoms. The van der Waals surface area contributed by atoms with Crippen LogP contribution in [0, 0.1) is 11.5 Å². The van der Waals surface area contributed by atoms with Gasteiger partial charge in [-0.15, -0.1) is 5.54 Å². The highest BCUT2D eigenvalue weighted by atomic mass is 35.5. The molecule has 0 saturated carbocycles. The fraction of sp³-hybridized carbons (Fsp3) is 0.471. The fourth-order valence-corrected chi connectivity index (χ4v) is 2.98. The van der Waals surface area contributed by atoms with Crippen LogP contribution in [0.4, 0.5) is 4.79 Å². The van der Waals surface area contributed by atoms with Gasteiger partial charge in [-0.1, -0.05) is 64.0 Å². The Morgan fingerprint density at radius 3 is 2.36 bits per heavy atom. The van der Waals surface area contributed by atoms with Crippen molar-refractivity contribution in [3.63, 3.8) is 0 Å². The van der Waals surface area contributed by atoms with Crippen LogP contribution in [-0.4, -0.2) is 14.2 Å². The summed E-state index contributed by atoms with van der Waals surface area (Å²) in [5, 5.41) is 0.594. The predicted octanol–water partition coefficient (Wildman–Crippen LogP) is 4.46. The Balaban J connectivity index is 3.38. The molecule has 3 nitrogen and oxygen atoms in total. The van der Waals surface area contributed by atoms with E-state index in [4.69, 9.17) is 22.1 Å². The largest absolute Gasteiger partial charge is 0.445 e. The van der Waals surface area contributed by atoms with E-state index in [0.717, 1.165) is 16.7 Å². The molecule has 0 spiro atoms. The molecular weight excluding hydrogens is 314 g/mol. The van der Waals surface area contributed by atoms with Crippen LogP contribution in [0.15, 0.2) is 12.1 Å². The average Bonchev–Trinajstić information content (AvgIpc) is 2.32. The minimum absolute atomic E-state index is 0.0684. The predicted molar refractivity (Wildman–Crippen MR) is 94.7 cm³/mol. The number of nitrogens with two attached hydrogens (primary N) is 1. The van der Waals surface area contributed by atoms with Crippen LogP contribution in [0.3, 0.4) is 0 Å².